The SMILES string of the molecule is CC(C)(C)CCCCCCc1cc(O)cc(O)c1CCCCCCC(C)(C)C. The smallest absolute Gasteiger partial charge is 0.122 e. The third kappa shape index (κ3) is 11.6. The Morgan fingerprint density at radius 2 is 1.07 bits per heavy atom. The molecule has 2 N–H and O–H groups in total. The predicted molar refractivity (Wildman–Crippen MR) is 122 cm³/mol. The highest BCUT2D eigenvalue weighted by Crippen LogP contribution is 2.31. The summed E-state index contributed by atoms with van der Waals surface area (Å²) in [6.45, 7) is 13.8. The average Bonchev–Trinajstić information content (AvgIpc) is 2.53. The van der Waals surface area contributed by atoms with E-state index in [1.807, 2.05) is 6.07 Å². The first-order chi connectivity index (χ1) is 13.0. The fourth-order valence-electron chi connectivity index (χ4n) is 3.85. The van der Waals surface area contributed by atoms with Crippen LogP contribution in [0.2, 0.25) is 0 Å². The van der Waals surface area contributed by atoms with Gasteiger partial charge in [0, 0.05) is 6.07 Å². The lowest BCUT2D eigenvalue weighted by atomic mass is 9.88. The maximum absolute atomic E-state index is 10.4. The van der Waals surface area contributed by atoms with Crippen molar-refractivity contribution in [3.63, 3.8) is 0 Å². The largest absolute Gasteiger partial charge is 0.508 e. The van der Waals surface area contributed by atoms with Gasteiger partial charge in [-0.1, -0.05) is 80.1 Å². The molecular weight excluding hydrogens is 344 g/mol. The molecule has 0 radical (unpaired) electrons. The van der Waals surface area contributed by atoms with E-state index >= 15 is 0 Å². The van der Waals surface area contributed by atoms with E-state index in [4.69, 9.17) is 0 Å². The van der Waals surface area contributed by atoms with Gasteiger partial charge in [-0.3, -0.25) is 0 Å². The van der Waals surface area contributed by atoms with Gasteiger partial charge in [0.05, 0.1) is 0 Å². The normalized spacial score (nSPS) is 12.5. The highest BCUT2D eigenvalue weighted by atomic mass is 16.3. The van der Waals surface area contributed by atoms with Crippen LogP contribution in [0.4, 0.5) is 0 Å². The van der Waals surface area contributed by atoms with Gasteiger partial charge in [-0.15, -0.1) is 0 Å². The zero-order valence-corrected chi connectivity index (χ0v) is 19.5. The van der Waals surface area contributed by atoms with Gasteiger partial charge in [0.2, 0.25) is 0 Å². The number of rotatable bonds is 12. The van der Waals surface area contributed by atoms with Crippen LogP contribution < -0.4 is 0 Å². The second kappa shape index (κ2) is 11.7. The second-order valence-corrected chi connectivity index (χ2v) is 11.1. The third-order valence-corrected chi connectivity index (χ3v) is 5.53. The number of aryl methyl sites for hydroxylation is 1. The Morgan fingerprint density at radius 1 is 0.607 bits per heavy atom. The molecule has 162 valence electrons. The lowest BCUT2D eigenvalue weighted by molar-refractivity contribution is 0.356. The lowest BCUT2D eigenvalue weighted by Gasteiger charge is -2.18. The number of unbranched alkanes of at least 4 members (excludes halogenated alkanes) is 6. The molecule has 0 atom stereocenters. The number of phenolic OH excluding ortho intramolecular Hbond substituents is 2. The monoisotopic (exact) mass is 390 g/mol. The fourth-order valence-corrected chi connectivity index (χ4v) is 3.85. The molecule has 1 aromatic carbocycles. The van der Waals surface area contributed by atoms with E-state index in [2.05, 4.69) is 41.5 Å². The molecule has 0 aromatic heterocycles. The summed E-state index contributed by atoms with van der Waals surface area (Å²) in [5.74, 6) is 0.464. The maximum atomic E-state index is 10.4. The van der Waals surface area contributed by atoms with Gasteiger partial charge < -0.3 is 10.2 Å². The molecule has 28 heavy (non-hydrogen) atoms. The Bertz CT molecular complexity index is 561. The summed E-state index contributed by atoms with van der Waals surface area (Å²) in [5, 5.41) is 20.3. The molecule has 0 spiro atoms. The van der Waals surface area contributed by atoms with Crippen molar-refractivity contribution in [2.24, 2.45) is 10.8 Å². The highest BCUT2D eigenvalue weighted by molar-refractivity contribution is 5.45. The van der Waals surface area contributed by atoms with Crippen molar-refractivity contribution >= 4 is 0 Å². The predicted octanol–water partition coefficient (Wildman–Crippen LogP) is 8.18. The van der Waals surface area contributed by atoms with Crippen molar-refractivity contribution in [1.29, 1.82) is 0 Å². The van der Waals surface area contributed by atoms with Gasteiger partial charge in [-0.25, -0.2) is 0 Å². The number of hydrogen-bond donors (Lipinski definition) is 2. The summed E-state index contributed by atoms with van der Waals surface area (Å²) in [6, 6.07) is 3.37. The standard InChI is InChI=1S/C26H46O2/c1-25(2,3)17-13-9-7-11-15-21-19-22(27)20-24(28)23(21)16-12-8-10-14-18-26(4,5)6/h19-20,27-28H,7-18H2,1-6H3. The van der Waals surface area contributed by atoms with E-state index in [0.717, 1.165) is 36.8 Å². The summed E-state index contributed by atoms with van der Waals surface area (Å²) >= 11 is 0. The highest BCUT2D eigenvalue weighted by Gasteiger charge is 2.12. The molecule has 2 nitrogen and oxygen atoms in total. The van der Waals surface area contributed by atoms with Crippen LogP contribution in [0, 0.1) is 10.8 Å². The first-order valence-electron chi connectivity index (χ1n) is 11.5. The maximum Gasteiger partial charge on any atom is 0.122 e. The fraction of sp³-hybridized carbons (Fsp3) is 0.769. The molecule has 0 saturated carbocycles. The van der Waals surface area contributed by atoms with E-state index in [1.54, 1.807) is 0 Å². The van der Waals surface area contributed by atoms with Crippen LogP contribution in [0.15, 0.2) is 12.1 Å². The van der Waals surface area contributed by atoms with Crippen molar-refractivity contribution in [3.8, 4) is 11.5 Å². The van der Waals surface area contributed by atoms with Crippen molar-refractivity contribution in [2.75, 3.05) is 0 Å². The second-order valence-electron chi connectivity index (χ2n) is 11.1. The Kier molecular flexibility index (Phi) is 10.4. The molecule has 1 rings (SSSR count). The van der Waals surface area contributed by atoms with E-state index < -0.39 is 0 Å². The summed E-state index contributed by atoms with van der Waals surface area (Å²) in [6.07, 6.45) is 14.2. The number of hydrogen-bond acceptors (Lipinski definition) is 2. The van der Waals surface area contributed by atoms with Gasteiger partial charge in [-0.2, -0.15) is 0 Å². The van der Waals surface area contributed by atoms with Crippen LogP contribution in [0.1, 0.15) is 117 Å². The zero-order valence-electron chi connectivity index (χ0n) is 19.5. The summed E-state index contributed by atoms with van der Waals surface area (Å²) in [7, 11) is 0. The van der Waals surface area contributed by atoms with Crippen molar-refractivity contribution in [3.05, 3.63) is 23.3 Å². The van der Waals surface area contributed by atoms with Crippen LogP contribution in [-0.4, -0.2) is 10.2 Å². The summed E-state index contributed by atoms with van der Waals surface area (Å²) in [5.41, 5.74) is 3.05. The molecule has 0 unspecified atom stereocenters. The minimum atomic E-state index is 0.189. The molecule has 0 aliphatic rings. The Hall–Kier alpha value is -1.18. The van der Waals surface area contributed by atoms with Crippen LogP contribution in [-0.2, 0) is 12.8 Å². The number of aromatic hydroxyl groups is 2. The molecule has 0 bridgehead atoms. The van der Waals surface area contributed by atoms with Gasteiger partial charge in [0.25, 0.3) is 0 Å². The van der Waals surface area contributed by atoms with Crippen LogP contribution in [0.5, 0.6) is 11.5 Å². The van der Waals surface area contributed by atoms with Gasteiger partial charge in [-0.05, 0) is 66.5 Å². The minimum Gasteiger partial charge on any atom is -0.508 e. The summed E-state index contributed by atoms with van der Waals surface area (Å²) < 4.78 is 0. The van der Waals surface area contributed by atoms with E-state index in [1.165, 1.54) is 57.4 Å². The van der Waals surface area contributed by atoms with E-state index in [-0.39, 0.29) is 11.5 Å². The molecule has 0 saturated heterocycles. The Balaban J connectivity index is 2.42. The first kappa shape index (κ1) is 24.9. The van der Waals surface area contributed by atoms with Gasteiger partial charge in [0.15, 0.2) is 0 Å². The zero-order chi connectivity index (χ0) is 21.2. The number of benzene rings is 1. The molecule has 0 heterocycles. The van der Waals surface area contributed by atoms with E-state index in [9.17, 15) is 10.2 Å². The molecular formula is C26H46O2. The summed E-state index contributed by atoms with van der Waals surface area (Å²) in [4.78, 5) is 0. The molecule has 2 heteroatoms. The minimum absolute atomic E-state index is 0.189. The van der Waals surface area contributed by atoms with E-state index in [0.29, 0.717) is 10.8 Å². The molecule has 0 aliphatic heterocycles. The van der Waals surface area contributed by atoms with Crippen molar-refractivity contribution in [1.82, 2.24) is 0 Å². The average molecular weight is 391 g/mol. The van der Waals surface area contributed by atoms with Crippen molar-refractivity contribution < 1.29 is 10.2 Å². The van der Waals surface area contributed by atoms with Crippen molar-refractivity contribution in [2.45, 2.75) is 119 Å². The third-order valence-electron chi connectivity index (χ3n) is 5.53. The van der Waals surface area contributed by atoms with Gasteiger partial charge in [0.1, 0.15) is 11.5 Å². The quantitative estimate of drug-likeness (QED) is 0.353. The Labute approximate surface area is 174 Å². The topological polar surface area (TPSA) is 40.5 Å². The molecule has 0 amide bonds. The van der Waals surface area contributed by atoms with Crippen LogP contribution >= 0.6 is 0 Å². The lowest BCUT2D eigenvalue weighted by Crippen LogP contribution is -2.04. The Morgan fingerprint density at radius 3 is 1.57 bits per heavy atom. The molecule has 1 aromatic rings. The van der Waals surface area contributed by atoms with Gasteiger partial charge >= 0.3 is 0 Å². The number of phenols is 2. The van der Waals surface area contributed by atoms with Crippen LogP contribution in [0.25, 0.3) is 0 Å². The molecule has 0 fully saturated rings. The first-order valence-corrected chi connectivity index (χ1v) is 11.5. The van der Waals surface area contributed by atoms with Crippen LogP contribution in [0.3, 0.4) is 0 Å². The molecule has 0 aliphatic carbocycles.